The molecule has 0 unspecified atom stereocenters. The van der Waals surface area contributed by atoms with Gasteiger partial charge in [0.05, 0.1) is 10.6 Å². The predicted octanol–water partition coefficient (Wildman–Crippen LogP) is 3.57. The monoisotopic (exact) mass is 372 g/mol. The van der Waals surface area contributed by atoms with Crippen LogP contribution in [0.25, 0.3) is 0 Å². The summed E-state index contributed by atoms with van der Waals surface area (Å²) in [5.41, 5.74) is 1.90. The Morgan fingerprint density at radius 2 is 1.61 bits per heavy atom. The minimum absolute atomic E-state index is 0.0508. The van der Waals surface area contributed by atoms with Crippen molar-refractivity contribution in [2.24, 2.45) is 0 Å². The first kappa shape index (κ1) is 13.5. The topological polar surface area (TPSA) is 34.1 Å². The number of sulfone groups is 1. The van der Waals surface area contributed by atoms with Crippen molar-refractivity contribution in [2.75, 3.05) is 0 Å². The molecule has 94 valence electrons. The second kappa shape index (κ2) is 5.40. The molecule has 4 heteroatoms. The standard InChI is InChI=1S/C14H13IO2S/c1-11-6-8-13(9-7-11)18(16,17)10-12-4-2-3-5-14(12)15/h2-9H,10H2,1H3. The largest absolute Gasteiger partial charge is 0.223 e. The summed E-state index contributed by atoms with van der Waals surface area (Å²) in [4.78, 5) is 0.382. The van der Waals surface area contributed by atoms with Crippen LogP contribution in [0.1, 0.15) is 11.1 Å². The van der Waals surface area contributed by atoms with Crippen molar-refractivity contribution in [1.29, 1.82) is 0 Å². The highest BCUT2D eigenvalue weighted by Crippen LogP contribution is 2.20. The van der Waals surface area contributed by atoms with Crippen molar-refractivity contribution in [2.45, 2.75) is 17.6 Å². The van der Waals surface area contributed by atoms with E-state index >= 15 is 0 Å². The quantitative estimate of drug-likeness (QED) is 0.772. The first-order chi connectivity index (χ1) is 8.49. The number of hydrogen-bond donors (Lipinski definition) is 0. The minimum atomic E-state index is -3.26. The van der Waals surface area contributed by atoms with Gasteiger partial charge in [-0.05, 0) is 53.3 Å². The van der Waals surface area contributed by atoms with Crippen LogP contribution < -0.4 is 0 Å². The summed E-state index contributed by atoms with van der Waals surface area (Å²) in [7, 11) is -3.26. The molecule has 0 N–H and O–H groups in total. The smallest absolute Gasteiger partial charge is 0.182 e. The van der Waals surface area contributed by atoms with E-state index in [2.05, 4.69) is 22.6 Å². The van der Waals surface area contributed by atoms with E-state index in [1.54, 1.807) is 12.1 Å². The van der Waals surface area contributed by atoms with E-state index in [0.29, 0.717) is 4.90 Å². The molecule has 0 aromatic heterocycles. The molecular weight excluding hydrogens is 359 g/mol. The van der Waals surface area contributed by atoms with Crippen molar-refractivity contribution in [3.8, 4) is 0 Å². The molecule has 0 saturated heterocycles. The van der Waals surface area contributed by atoms with Gasteiger partial charge in [0.25, 0.3) is 0 Å². The maximum absolute atomic E-state index is 12.3. The third-order valence-electron chi connectivity index (χ3n) is 2.68. The third kappa shape index (κ3) is 3.11. The van der Waals surface area contributed by atoms with E-state index in [1.807, 2.05) is 43.3 Å². The highest BCUT2D eigenvalue weighted by molar-refractivity contribution is 14.1. The number of rotatable bonds is 3. The normalized spacial score (nSPS) is 11.4. The molecule has 18 heavy (non-hydrogen) atoms. The molecule has 0 aliphatic heterocycles. The van der Waals surface area contributed by atoms with Crippen LogP contribution in [0, 0.1) is 10.5 Å². The highest BCUT2D eigenvalue weighted by Gasteiger charge is 2.16. The Morgan fingerprint density at radius 3 is 2.22 bits per heavy atom. The first-order valence-corrected chi connectivity index (χ1v) is 8.25. The molecule has 0 radical (unpaired) electrons. The Kier molecular flexibility index (Phi) is 4.07. The molecule has 0 saturated carbocycles. The van der Waals surface area contributed by atoms with Crippen LogP contribution in [-0.2, 0) is 15.6 Å². The first-order valence-electron chi connectivity index (χ1n) is 5.52. The fourth-order valence-electron chi connectivity index (χ4n) is 1.65. The van der Waals surface area contributed by atoms with Gasteiger partial charge in [-0.2, -0.15) is 0 Å². The lowest BCUT2D eigenvalue weighted by Crippen LogP contribution is -2.06. The van der Waals surface area contributed by atoms with Crippen molar-refractivity contribution < 1.29 is 8.42 Å². The van der Waals surface area contributed by atoms with Gasteiger partial charge in [-0.3, -0.25) is 0 Å². The summed E-state index contributed by atoms with van der Waals surface area (Å²) in [6.45, 7) is 1.94. The van der Waals surface area contributed by atoms with Crippen LogP contribution in [0.3, 0.4) is 0 Å². The summed E-state index contributed by atoms with van der Waals surface area (Å²) in [6, 6.07) is 14.5. The molecule has 0 bridgehead atoms. The molecule has 0 fully saturated rings. The zero-order valence-electron chi connectivity index (χ0n) is 9.93. The van der Waals surface area contributed by atoms with E-state index in [0.717, 1.165) is 14.7 Å². The molecule has 2 rings (SSSR count). The molecular formula is C14H13IO2S. The Hall–Kier alpha value is -0.880. The maximum atomic E-state index is 12.3. The fraction of sp³-hybridized carbons (Fsp3) is 0.143. The van der Waals surface area contributed by atoms with E-state index in [1.165, 1.54) is 0 Å². The molecule has 0 aliphatic carbocycles. The SMILES string of the molecule is Cc1ccc(S(=O)(=O)Cc2ccccc2I)cc1. The average molecular weight is 372 g/mol. The molecule has 0 aliphatic rings. The van der Waals surface area contributed by atoms with Gasteiger partial charge in [-0.1, -0.05) is 35.9 Å². The lowest BCUT2D eigenvalue weighted by molar-refractivity contribution is 0.595. The van der Waals surface area contributed by atoms with Gasteiger partial charge >= 0.3 is 0 Å². The van der Waals surface area contributed by atoms with Crippen LogP contribution in [-0.4, -0.2) is 8.42 Å². The van der Waals surface area contributed by atoms with Crippen molar-refractivity contribution in [3.63, 3.8) is 0 Å². The summed E-state index contributed by atoms with van der Waals surface area (Å²) in [5.74, 6) is 0.0508. The van der Waals surface area contributed by atoms with Gasteiger partial charge in [0.15, 0.2) is 9.84 Å². The highest BCUT2D eigenvalue weighted by atomic mass is 127. The lowest BCUT2D eigenvalue weighted by Gasteiger charge is -2.06. The second-order valence-corrected chi connectivity index (χ2v) is 7.32. The van der Waals surface area contributed by atoms with E-state index in [-0.39, 0.29) is 5.75 Å². The molecule has 0 atom stereocenters. The van der Waals surface area contributed by atoms with Crippen LogP contribution >= 0.6 is 22.6 Å². The zero-order valence-corrected chi connectivity index (χ0v) is 12.9. The van der Waals surface area contributed by atoms with Gasteiger partial charge in [-0.25, -0.2) is 8.42 Å². The fourth-order valence-corrected chi connectivity index (χ4v) is 3.86. The summed E-state index contributed by atoms with van der Waals surface area (Å²) < 4.78 is 25.5. The van der Waals surface area contributed by atoms with Crippen LogP contribution in [0.15, 0.2) is 53.4 Å². The number of halogens is 1. The van der Waals surface area contributed by atoms with Crippen molar-refractivity contribution >= 4 is 32.4 Å². The Balaban J connectivity index is 2.33. The van der Waals surface area contributed by atoms with Gasteiger partial charge in [-0.15, -0.1) is 0 Å². The average Bonchev–Trinajstić information content (AvgIpc) is 2.32. The number of aryl methyl sites for hydroxylation is 1. The lowest BCUT2D eigenvalue weighted by atomic mass is 10.2. The van der Waals surface area contributed by atoms with Gasteiger partial charge in [0, 0.05) is 3.57 Å². The molecule has 0 amide bonds. The Labute approximate surface area is 121 Å². The number of hydrogen-bond acceptors (Lipinski definition) is 2. The molecule has 0 heterocycles. The third-order valence-corrected chi connectivity index (χ3v) is 5.42. The van der Waals surface area contributed by atoms with Crippen molar-refractivity contribution in [1.82, 2.24) is 0 Å². The van der Waals surface area contributed by atoms with Crippen LogP contribution in [0.2, 0.25) is 0 Å². The second-order valence-electron chi connectivity index (χ2n) is 4.16. The molecule has 2 nitrogen and oxygen atoms in total. The Morgan fingerprint density at radius 1 is 1.00 bits per heavy atom. The Bertz CT molecular complexity index is 646. The summed E-state index contributed by atoms with van der Waals surface area (Å²) in [6.07, 6.45) is 0. The molecule has 2 aromatic rings. The number of benzene rings is 2. The van der Waals surface area contributed by atoms with Gasteiger partial charge in [0.2, 0.25) is 0 Å². The molecule has 2 aromatic carbocycles. The van der Waals surface area contributed by atoms with Crippen molar-refractivity contribution in [3.05, 3.63) is 63.2 Å². The van der Waals surface area contributed by atoms with Crippen LogP contribution in [0.4, 0.5) is 0 Å². The zero-order chi connectivity index (χ0) is 13.2. The van der Waals surface area contributed by atoms with Crippen LogP contribution in [0.5, 0.6) is 0 Å². The van der Waals surface area contributed by atoms with E-state index in [9.17, 15) is 8.42 Å². The predicted molar refractivity (Wildman–Crippen MR) is 81.2 cm³/mol. The van der Waals surface area contributed by atoms with E-state index in [4.69, 9.17) is 0 Å². The van der Waals surface area contributed by atoms with Gasteiger partial charge in [0.1, 0.15) is 0 Å². The summed E-state index contributed by atoms with van der Waals surface area (Å²) >= 11 is 2.16. The maximum Gasteiger partial charge on any atom is 0.182 e. The van der Waals surface area contributed by atoms with Gasteiger partial charge < -0.3 is 0 Å². The minimum Gasteiger partial charge on any atom is -0.223 e. The van der Waals surface area contributed by atoms with E-state index < -0.39 is 9.84 Å². The summed E-state index contributed by atoms with van der Waals surface area (Å²) in [5, 5.41) is 0. The molecule has 0 spiro atoms.